The van der Waals surface area contributed by atoms with Gasteiger partial charge < -0.3 is 4.42 Å². The maximum absolute atomic E-state index is 12.4. The van der Waals surface area contributed by atoms with Crippen molar-refractivity contribution in [3.63, 3.8) is 0 Å². The molecule has 0 radical (unpaired) electrons. The molecule has 2 aromatic carbocycles. The van der Waals surface area contributed by atoms with Gasteiger partial charge in [0.05, 0.1) is 5.69 Å². The number of carbonyl (C=O) groups excluding carboxylic acids is 1. The third kappa shape index (κ3) is 3.39. The van der Waals surface area contributed by atoms with Gasteiger partial charge in [-0.3, -0.25) is 10.1 Å². The molecule has 26 heavy (non-hydrogen) atoms. The highest BCUT2D eigenvalue weighted by atomic mass is 32.1. The Bertz CT molecular complexity index is 1010. The van der Waals surface area contributed by atoms with E-state index in [2.05, 4.69) is 41.5 Å². The molecular formula is C21H18N2O2S. The van der Waals surface area contributed by atoms with Crippen LogP contribution in [0.1, 0.15) is 29.5 Å². The van der Waals surface area contributed by atoms with Gasteiger partial charge in [-0.15, -0.1) is 11.3 Å². The summed E-state index contributed by atoms with van der Waals surface area (Å²) in [6, 6.07) is 17.7. The fourth-order valence-corrected chi connectivity index (χ4v) is 3.56. The van der Waals surface area contributed by atoms with Crippen molar-refractivity contribution in [1.29, 1.82) is 0 Å². The van der Waals surface area contributed by atoms with Crippen LogP contribution in [0.25, 0.3) is 22.2 Å². The molecule has 2 heterocycles. The number of rotatable bonds is 5. The minimum absolute atomic E-state index is 0.284. The van der Waals surface area contributed by atoms with Crippen molar-refractivity contribution in [2.75, 3.05) is 5.32 Å². The number of aryl methyl sites for hydroxylation is 1. The summed E-state index contributed by atoms with van der Waals surface area (Å²) in [7, 11) is 0. The Hall–Kier alpha value is -2.92. The van der Waals surface area contributed by atoms with E-state index in [0.29, 0.717) is 10.7 Å². The summed E-state index contributed by atoms with van der Waals surface area (Å²) < 4.78 is 5.59. The van der Waals surface area contributed by atoms with Crippen molar-refractivity contribution in [2.45, 2.75) is 19.8 Å². The number of benzene rings is 2. The molecular weight excluding hydrogens is 344 g/mol. The number of fused-ring (bicyclic) bond motifs is 1. The molecule has 1 N–H and O–H groups in total. The second kappa shape index (κ2) is 7.14. The Labute approximate surface area is 155 Å². The number of carbonyl (C=O) groups is 1. The summed E-state index contributed by atoms with van der Waals surface area (Å²) in [4.78, 5) is 16.9. The van der Waals surface area contributed by atoms with Crippen LogP contribution in [0, 0.1) is 0 Å². The van der Waals surface area contributed by atoms with Gasteiger partial charge in [0.2, 0.25) is 0 Å². The van der Waals surface area contributed by atoms with Gasteiger partial charge in [0.15, 0.2) is 10.9 Å². The Morgan fingerprint density at radius 3 is 2.73 bits per heavy atom. The second-order valence-electron chi connectivity index (χ2n) is 6.09. The van der Waals surface area contributed by atoms with Crippen LogP contribution < -0.4 is 5.32 Å². The smallest absolute Gasteiger partial charge is 0.293 e. The lowest BCUT2D eigenvalue weighted by Crippen LogP contribution is -2.10. The molecule has 2 aromatic heterocycles. The van der Waals surface area contributed by atoms with Crippen molar-refractivity contribution in [2.24, 2.45) is 0 Å². The van der Waals surface area contributed by atoms with Gasteiger partial charge in [0, 0.05) is 16.3 Å². The van der Waals surface area contributed by atoms with Crippen LogP contribution in [-0.4, -0.2) is 10.9 Å². The molecule has 0 spiro atoms. The zero-order valence-corrected chi connectivity index (χ0v) is 15.2. The van der Waals surface area contributed by atoms with Crippen molar-refractivity contribution in [3.8, 4) is 11.3 Å². The second-order valence-corrected chi connectivity index (χ2v) is 6.95. The van der Waals surface area contributed by atoms with Crippen LogP contribution in [0.2, 0.25) is 0 Å². The number of furan rings is 1. The third-order valence-electron chi connectivity index (χ3n) is 4.16. The highest BCUT2D eigenvalue weighted by Gasteiger charge is 2.14. The van der Waals surface area contributed by atoms with Crippen LogP contribution in [0.4, 0.5) is 5.13 Å². The van der Waals surface area contributed by atoms with Crippen LogP contribution >= 0.6 is 11.3 Å². The van der Waals surface area contributed by atoms with Gasteiger partial charge in [0.25, 0.3) is 5.91 Å². The van der Waals surface area contributed by atoms with E-state index in [0.717, 1.165) is 29.5 Å². The number of nitrogens with one attached hydrogen (secondary N) is 1. The number of para-hydroxylation sites is 1. The number of hydrogen-bond donors (Lipinski definition) is 1. The highest BCUT2D eigenvalue weighted by molar-refractivity contribution is 7.14. The van der Waals surface area contributed by atoms with Gasteiger partial charge in [-0.1, -0.05) is 55.8 Å². The molecule has 0 atom stereocenters. The molecule has 0 aliphatic heterocycles. The SMILES string of the molecule is CCCc1ccc(-c2csc(NC(=O)c3cc4ccccc4o3)n2)cc1. The predicted molar refractivity (Wildman–Crippen MR) is 106 cm³/mol. The number of thiazole rings is 1. The van der Waals surface area contributed by atoms with Crippen LogP contribution in [0.3, 0.4) is 0 Å². The molecule has 4 rings (SSSR count). The first kappa shape index (κ1) is 16.5. The zero-order chi connectivity index (χ0) is 17.9. The van der Waals surface area contributed by atoms with E-state index >= 15 is 0 Å². The molecule has 0 saturated heterocycles. The van der Waals surface area contributed by atoms with Crippen LogP contribution in [0.5, 0.6) is 0 Å². The minimum Gasteiger partial charge on any atom is -0.451 e. The summed E-state index contributed by atoms with van der Waals surface area (Å²) >= 11 is 1.40. The summed E-state index contributed by atoms with van der Waals surface area (Å²) in [5.41, 5.74) is 3.93. The lowest BCUT2D eigenvalue weighted by Gasteiger charge is -2.01. The average Bonchev–Trinajstić information content (AvgIpc) is 3.29. The topological polar surface area (TPSA) is 55.1 Å². The van der Waals surface area contributed by atoms with E-state index in [1.807, 2.05) is 29.6 Å². The standard InChI is InChI=1S/C21H18N2O2S/c1-2-5-14-8-10-15(11-9-14)17-13-26-21(22-17)23-20(24)19-12-16-6-3-4-7-18(16)25-19/h3-4,6-13H,2,5H2,1H3,(H,22,23,24). The number of nitrogens with zero attached hydrogens (tertiary/aromatic N) is 1. The normalized spacial score (nSPS) is 11.0. The Morgan fingerprint density at radius 1 is 1.15 bits per heavy atom. The molecule has 5 heteroatoms. The molecule has 4 aromatic rings. The third-order valence-corrected chi connectivity index (χ3v) is 4.92. The zero-order valence-electron chi connectivity index (χ0n) is 14.4. The van der Waals surface area contributed by atoms with Crippen LogP contribution in [-0.2, 0) is 6.42 Å². The van der Waals surface area contributed by atoms with E-state index < -0.39 is 0 Å². The maximum atomic E-state index is 12.4. The lowest BCUT2D eigenvalue weighted by molar-refractivity contribution is 0.0998. The van der Waals surface area contributed by atoms with Crippen molar-refractivity contribution >= 4 is 33.3 Å². The van der Waals surface area contributed by atoms with E-state index in [1.54, 1.807) is 6.07 Å². The minimum atomic E-state index is -0.291. The van der Waals surface area contributed by atoms with E-state index in [9.17, 15) is 4.79 Å². The quantitative estimate of drug-likeness (QED) is 0.491. The number of amides is 1. The Kier molecular flexibility index (Phi) is 4.54. The fraction of sp³-hybridized carbons (Fsp3) is 0.143. The Morgan fingerprint density at radius 2 is 1.96 bits per heavy atom. The van der Waals surface area contributed by atoms with Crippen molar-refractivity contribution in [1.82, 2.24) is 4.98 Å². The van der Waals surface area contributed by atoms with Gasteiger partial charge >= 0.3 is 0 Å². The molecule has 4 nitrogen and oxygen atoms in total. The molecule has 0 saturated carbocycles. The molecule has 0 unspecified atom stereocenters. The summed E-state index contributed by atoms with van der Waals surface area (Å²) in [5, 5.41) is 6.23. The van der Waals surface area contributed by atoms with E-state index in [1.165, 1.54) is 16.9 Å². The number of hydrogen-bond acceptors (Lipinski definition) is 4. The number of aromatic nitrogens is 1. The predicted octanol–water partition coefficient (Wildman–Crippen LogP) is 5.76. The molecule has 0 fully saturated rings. The van der Waals surface area contributed by atoms with E-state index in [4.69, 9.17) is 4.42 Å². The fourth-order valence-electron chi connectivity index (χ4n) is 2.85. The van der Waals surface area contributed by atoms with Gasteiger partial charge in [-0.25, -0.2) is 4.98 Å². The first-order valence-electron chi connectivity index (χ1n) is 8.57. The summed E-state index contributed by atoms with van der Waals surface area (Å²) in [6.07, 6.45) is 2.21. The number of anilines is 1. The summed E-state index contributed by atoms with van der Waals surface area (Å²) in [5.74, 6) is -0.00716. The largest absolute Gasteiger partial charge is 0.451 e. The first-order valence-corrected chi connectivity index (χ1v) is 9.45. The molecule has 130 valence electrons. The van der Waals surface area contributed by atoms with Crippen molar-refractivity contribution < 1.29 is 9.21 Å². The monoisotopic (exact) mass is 362 g/mol. The van der Waals surface area contributed by atoms with Crippen LogP contribution in [0.15, 0.2) is 64.4 Å². The molecule has 0 aliphatic rings. The van der Waals surface area contributed by atoms with Crippen molar-refractivity contribution in [3.05, 3.63) is 71.3 Å². The first-order chi connectivity index (χ1) is 12.7. The van der Waals surface area contributed by atoms with E-state index in [-0.39, 0.29) is 11.7 Å². The molecule has 0 aliphatic carbocycles. The highest BCUT2D eigenvalue weighted by Crippen LogP contribution is 2.26. The van der Waals surface area contributed by atoms with Gasteiger partial charge in [0.1, 0.15) is 5.58 Å². The maximum Gasteiger partial charge on any atom is 0.293 e. The Balaban J connectivity index is 1.49. The summed E-state index contributed by atoms with van der Waals surface area (Å²) in [6.45, 7) is 2.17. The lowest BCUT2D eigenvalue weighted by atomic mass is 10.1. The van der Waals surface area contributed by atoms with Gasteiger partial charge in [-0.2, -0.15) is 0 Å². The molecule has 1 amide bonds. The van der Waals surface area contributed by atoms with Gasteiger partial charge in [-0.05, 0) is 24.1 Å². The molecule has 0 bridgehead atoms. The average molecular weight is 362 g/mol.